The van der Waals surface area contributed by atoms with Crippen LogP contribution >= 0.6 is 11.3 Å². The van der Waals surface area contributed by atoms with Gasteiger partial charge in [0.2, 0.25) is 5.91 Å². The minimum absolute atomic E-state index is 0.00750. The van der Waals surface area contributed by atoms with E-state index in [-0.39, 0.29) is 12.0 Å². The van der Waals surface area contributed by atoms with Crippen molar-refractivity contribution in [3.05, 3.63) is 52.5 Å². The number of morpholine rings is 1. The minimum atomic E-state index is -0.373. The molecule has 1 aromatic carbocycles. The van der Waals surface area contributed by atoms with E-state index >= 15 is 0 Å². The van der Waals surface area contributed by atoms with Crippen molar-refractivity contribution in [1.82, 2.24) is 15.2 Å². The predicted octanol–water partition coefficient (Wildman–Crippen LogP) is 2.09. The van der Waals surface area contributed by atoms with Crippen LogP contribution in [-0.2, 0) is 22.5 Å². The van der Waals surface area contributed by atoms with Gasteiger partial charge in [0, 0.05) is 44.2 Å². The van der Waals surface area contributed by atoms with E-state index in [1.54, 1.807) is 11.3 Å². The number of nitrogens with zero attached hydrogens (tertiary/aromatic N) is 2. The fourth-order valence-corrected chi connectivity index (χ4v) is 3.45. The van der Waals surface area contributed by atoms with Gasteiger partial charge < -0.3 is 10.1 Å². The summed E-state index contributed by atoms with van der Waals surface area (Å²) in [5.74, 6) is -0.00750. The predicted molar refractivity (Wildman–Crippen MR) is 94.9 cm³/mol. The van der Waals surface area contributed by atoms with E-state index in [1.165, 1.54) is 5.56 Å². The van der Waals surface area contributed by atoms with Gasteiger partial charge in [0.05, 0.1) is 11.6 Å². The number of rotatable bonds is 7. The molecule has 24 heavy (non-hydrogen) atoms. The molecule has 1 saturated heterocycles. The quantitative estimate of drug-likeness (QED) is 0.781. The SMILES string of the molecule is O=C(NCCCc1nccs1)[C@@H]1CN(Cc2ccccc2)CCO1. The lowest BCUT2D eigenvalue weighted by atomic mass is 10.2. The van der Waals surface area contributed by atoms with Crippen molar-refractivity contribution in [2.45, 2.75) is 25.5 Å². The van der Waals surface area contributed by atoms with E-state index in [0.717, 1.165) is 30.9 Å². The summed E-state index contributed by atoms with van der Waals surface area (Å²) in [6, 6.07) is 10.3. The van der Waals surface area contributed by atoms with Gasteiger partial charge in [-0.2, -0.15) is 0 Å². The van der Waals surface area contributed by atoms with Crippen molar-refractivity contribution in [2.24, 2.45) is 0 Å². The molecule has 0 radical (unpaired) electrons. The van der Waals surface area contributed by atoms with Crippen molar-refractivity contribution in [3.8, 4) is 0 Å². The van der Waals surface area contributed by atoms with Crippen molar-refractivity contribution in [1.29, 1.82) is 0 Å². The maximum atomic E-state index is 12.3. The van der Waals surface area contributed by atoms with Crippen molar-refractivity contribution >= 4 is 17.2 Å². The Morgan fingerprint density at radius 1 is 1.38 bits per heavy atom. The van der Waals surface area contributed by atoms with E-state index in [4.69, 9.17) is 4.74 Å². The number of aromatic nitrogens is 1. The molecule has 1 aliphatic heterocycles. The molecule has 3 rings (SSSR count). The standard InChI is InChI=1S/C18H23N3O2S/c22-18(20-8-4-7-17-19-9-12-24-17)16-14-21(10-11-23-16)13-15-5-2-1-3-6-15/h1-3,5-6,9,12,16H,4,7-8,10-11,13-14H2,(H,20,22)/t16-/m0/s1. The molecule has 128 valence electrons. The number of carbonyl (C=O) groups is 1. The second-order valence-corrected chi connectivity index (χ2v) is 6.88. The van der Waals surface area contributed by atoms with Crippen LogP contribution < -0.4 is 5.32 Å². The summed E-state index contributed by atoms with van der Waals surface area (Å²) in [5, 5.41) is 6.08. The molecule has 1 aromatic heterocycles. The first-order valence-electron chi connectivity index (χ1n) is 8.35. The van der Waals surface area contributed by atoms with E-state index in [2.05, 4.69) is 27.3 Å². The molecule has 2 aromatic rings. The monoisotopic (exact) mass is 345 g/mol. The van der Waals surface area contributed by atoms with Gasteiger partial charge in [-0.15, -0.1) is 11.3 Å². The largest absolute Gasteiger partial charge is 0.366 e. The van der Waals surface area contributed by atoms with Crippen molar-refractivity contribution in [3.63, 3.8) is 0 Å². The van der Waals surface area contributed by atoms with Gasteiger partial charge in [-0.05, 0) is 12.0 Å². The number of thiazole rings is 1. The highest BCUT2D eigenvalue weighted by atomic mass is 32.1. The second-order valence-electron chi connectivity index (χ2n) is 5.90. The van der Waals surface area contributed by atoms with Crippen molar-refractivity contribution < 1.29 is 9.53 Å². The summed E-state index contributed by atoms with van der Waals surface area (Å²) >= 11 is 1.66. The molecule has 1 aliphatic rings. The first-order valence-corrected chi connectivity index (χ1v) is 9.23. The third-order valence-electron chi connectivity index (χ3n) is 4.04. The van der Waals surface area contributed by atoms with Crippen LogP contribution in [0.25, 0.3) is 0 Å². The lowest BCUT2D eigenvalue weighted by Gasteiger charge is -2.32. The van der Waals surface area contributed by atoms with Crippen LogP contribution in [-0.4, -0.2) is 48.1 Å². The average molecular weight is 345 g/mol. The number of amides is 1. The summed E-state index contributed by atoms with van der Waals surface area (Å²) in [4.78, 5) is 18.8. The van der Waals surface area contributed by atoms with Gasteiger partial charge in [-0.3, -0.25) is 9.69 Å². The first-order chi connectivity index (χ1) is 11.8. The zero-order valence-electron chi connectivity index (χ0n) is 13.7. The van der Waals surface area contributed by atoms with Crippen LogP contribution in [0.5, 0.6) is 0 Å². The highest BCUT2D eigenvalue weighted by Crippen LogP contribution is 2.11. The summed E-state index contributed by atoms with van der Waals surface area (Å²) in [5.41, 5.74) is 1.27. The molecule has 1 amide bonds. The number of carbonyl (C=O) groups excluding carboxylic acids is 1. The van der Waals surface area contributed by atoms with E-state index in [1.807, 2.05) is 29.8 Å². The highest BCUT2D eigenvalue weighted by molar-refractivity contribution is 7.09. The van der Waals surface area contributed by atoms with Gasteiger partial charge in [-0.1, -0.05) is 30.3 Å². The molecule has 2 heterocycles. The fraction of sp³-hybridized carbons (Fsp3) is 0.444. The topological polar surface area (TPSA) is 54.5 Å². The zero-order valence-corrected chi connectivity index (χ0v) is 14.5. The van der Waals surface area contributed by atoms with E-state index < -0.39 is 0 Å². The molecule has 1 N–H and O–H groups in total. The number of ether oxygens (including phenoxy) is 1. The van der Waals surface area contributed by atoms with Crippen LogP contribution in [0.3, 0.4) is 0 Å². The van der Waals surface area contributed by atoms with Gasteiger partial charge in [0.15, 0.2) is 0 Å². The van der Waals surface area contributed by atoms with Gasteiger partial charge in [-0.25, -0.2) is 4.98 Å². The normalized spacial score (nSPS) is 18.4. The van der Waals surface area contributed by atoms with Gasteiger partial charge in [0.25, 0.3) is 0 Å². The lowest BCUT2D eigenvalue weighted by Crippen LogP contribution is -2.49. The Labute approximate surface area is 146 Å². The molecule has 0 aliphatic carbocycles. The third kappa shape index (κ3) is 5.12. The third-order valence-corrected chi connectivity index (χ3v) is 4.88. The Morgan fingerprint density at radius 2 is 2.25 bits per heavy atom. The Balaban J connectivity index is 1.39. The molecule has 0 unspecified atom stereocenters. The molecule has 1 atom stereocenters. The smallest absolute Gasteiger partial charge is 0.250 e. The average Bonchev–Trinajstić information content (AvgIpc) is 3.13. The molecule has 0 spiro atoms. The first kappa shape index (κ1) is 17.1. The summed E-state index contributed by atoms with van der Waals surface area (Å²) in [6.45, 7) is 3.63. The Kier molecular flexibility index (Phi) is 6.34. The number of nitrogens with one attached hydrogen (secondary N) is 1. The molecule has 0 saturated carbocycles. The zero-order chi connectivity index (χ0) is 16.6. The van der Waals surface area contributed by atoms with Gasteiger partial charge >= 0.3 is 0 Å². The highest BCUT2D eigenvalue weighted by Gasteiger charge is 2.26. The number of benzene rings is 1. The van der Waals surface area contributed by atoms with Crippen LogP contribution in [0.2, 0.25) is 0 Å². The van der Waals surface area contributed by atoms with Crippen LogP contribution in [0.4, 0.5) is 0 Å². The second kappa shape index (κ2) is 8.92. The minimum Gasteiger partial charge on any atom is -0.366 e. The number of hydrogen-bond acceptors (Lipinski definition) is 5. The van der Waals surface area contributed by atoms with Crippen LogP contribution in [0.15, 0.2) is 41.9 Å². The van der Waals surface area contributed by atoms with Crippen molar-refractivity contribution in [2.75, 3.05) is 26.2 Å². The maximum absolute atomic E-state index is 12.3. The Morgan fingerprint density at radius 3 is 3.04 bits per heavy atom. The Hall–Kier alpha value is -1.76. The molecule has 0 bridgehead atoms. The summed E-state index contributed by atoms with van der Waals surface area (Å²) in [6.07, 6.45) is 3.25. The molecular weight excluding hydrogens is 322 g/mol. The summed E-state index contributed by atoms with van der Waals surface area (Å²) < 4.78 is 5.65. The lowest BCUT2D eigenvalue weighted by molar-refractivity contribution is -0.138. The number of aryl methyl sites for hydroxylation is 1. The molecule has 1 fully saturated rings. The van der Waals surface area contributed by atoms with E-state index in [9.17, 15) is 4.79 Å². The van der Waals surface area contributed by atoms with Crippen LogP contribution in [0.1, 0.15) is 17.0 Å². The van der Waals surface area contributed by atoms with Crippen LogP contribution in [0, 0.1) is 0 Å². The maximum Gasteiger partial charge on any atom is 0.250 e. The number of hydrogen-bond donors (Lipinski definition) is 1. The molecule has 6 heteroatoms. The Bertz CT molecular complexity index is 618. The van der Waals surface area contributed by atoms with Gasteiger partial charge in [0.1, 0.15) is 6.10 Å². The fourth-order valence-electron chi connectivity index (χ4n) is 2.79. The molecule has 5 nitrogen and oxygen atoms in total. The molecular formula is C18H23N3O2S. The summed E-state index contributed by atoms with van der Waals surface area (Å²) in [7, 11) is 0. The van der Waals surface area contributed by atoms with E-state index in [0.29, 0.717) is 19.7 Å².